The highest BCUT2D eigenvalue weighted by Crippen LogP contribution is 2.16. The molecule has 0 aromatic carbocycles. The molecule has 1 aromatic rings. The molecule has 1 aromatic heterocycles. The summed E-state index contributed by atoms with van der Waals surface area (Å²) in [7, 11) is 1.76. The number of hydrogen-bond donors (Lipinski definition) is 1. The minimum Gasteiger partial charge on any atom is -0.385 e. The van der Waals surface area contributed by atoms with Crippen LogP contribution in [0.25, 0.3) is 0 Å². The highest BCUT2D eigenvalue weighted by atomic mass is 16.5. The maximum absolute atomic E-state index is 5.14. The number of anilines is 1. The Balaban J connectivity index is 2.09. The second-order valence-electron chi connectivity index (χ2n) is 5.02. The number of nitrogens with one attached hydrogen (secondary N) is 1. The van der Waals surface area contributed by atoms with Crippen molar-refractivity contribution in [1.82, 2.24) is 14.9 Å². The van der Waals surface area contributed by atoms with Gasteiger partial charge in [0.2, 0.25) is 5.95 Å². The Morgan fingerprint density at radius 2 is 2.26 bits per heavy atom. The molecule has 1 aliphatic heterocycles. The fourth-order valence-electron chi connectivity index (χ4n) is 2.47. The van der Waals surface area contributed by atoms with Crippen LogP contribution < -0.4 is 10.2 Å². The fourth-order valence-corrected chi connectivity index (χ4v) is 2.47. The van der Waals surface area contributed by atoms with Crippen LogP contribution in [0.1, 0.15) is 25.5 Å². The van der Waals surface area contributed by atoms with Gasteiger partial charge in [-0.25, -0.2) is 4.98 Å². The normalized spacial score (nSPS) is 16.6. The molecule has 0 atom stereocenters. The molecule has 0 unspecified atom stereocenters. The summed E-state index contributed by atoms with van der Waals surface area (Å²) in [4.78, 5) is 7.20. The van der Waals surface area contributed by atoms with E-state index >= 15 is 0 Å². The quantitative estimate of drug-likeness (QED) is 0.788. The van der Waals surface area contributed by atoms with Gasteiger partial charge in [-0.1, -0.05) is 6.92 Å². The van der Waals surface area contributed by atoms with Crippen molar-refractivity contribution in [3.05, 3.63) is 11.9 Å². The summed E-state index contributed by atoms with van der Waals surface area (Å²) in [5.74, 6) is 1.14. The van der Waals surface area contributed by atoms with Crippen LogP contribution in [-0.2, 0) is 17.7 Å². The Kier molecular flexibility index (Phi) is 5.66. The number of hydrogen-bond acceptors (Lipinski definition) is 4. The zero-order chi connectivity index (χ0) is 13.5. The number of aryl methyl sites for hydroxylation is 2. The third-order valence-corrected chi connectivity index (χ3v) is 3.54. The second kappa shape index (κ2) is 7.50. The minimum atomic E-state index is 0.806. The number of rotatable bonds is 6. The lowest BCUT2D eigenvalue weighted by molar-refractivity contribution is 0.190. The zero-order valence-electron chi connectivity index (χ0n) is 12.2. The largest absolute Gasteiger partial charge is 0.385 e. The van der Waals surface area contributed by atoms with Crippen molar-refractivity contribution in [3.8, 4) is 0 Å². The minimum absolute atomic E-state index is 0.806. The first-order chi connectivity index (χ1) is 9.35. The molecule has 5 heteroatoms. The highest BCUT2D eigenvalue weighted by Gasteiger charge is 2.16. The van der Waals surface area contributed by atoms with Gasteiger partial charge in [0.1, 0.15) is 0 Å². The predicted molar refractivity (Wildman–Crippen MR) is 77.8 cm³/mol. The molecule has 1 fully saturated rings. The molecule has 0 aliphatic carbocycles. The first-order valence-electron chi connectivity index (χ1n) is 7.35. The molecule has 2 heterocycles. The van der Waals surface area contributed by atoms with E-state index in [1.807, 2.05) is 0 Å². The Labute approximate surface area is 116 Å². The highest BCUT2D eigenvalue weighted by molar-refractivity contribution is 5.34. The maximum Gasteiger partial charge on any atom is 0.205 e. The Hall–Kier alpha value is -1.07. The van der Waals surface area contributed by atoms with Crippen molar-refractivity contribution in [2.45, 2.75) is 32.7 Å². The fraction of sp³-hybridized carbons (Fsp3) is 0.786. The summed E-state index contributed by atoms with van der Waals surface area (Å²) < 4.78 is 7.44. The smallest absolute Gasteiger partial charge is 0.205 e. The average Bonchev–Trinajstić information content (AvgIpc) is 2.65. The third kappa shape index (κ3) is 3.94. The molecule has 108 valence electrons. The van der Waals surface area contributed by atoms with Crippen LogP contribution in [-0.4, -0.2) is 49.4 Å². The molecule has 2 rings (SSSR count). The number of nitrogens with zero attached hydrogens (tertiary/aromatic N) is 3. The number of ether oxygens (including phenoxy) is 1. The van der Waals surface area contributed by atoms with Crippen LogP contribution in [0.2, 0.25) is 0 Å². The Morgan fingerprint density at radius 3 is 3.05 bits per heavy atom. The predicted octanol–water partition coefficient (Wildman–Crippen LogP) is 1.28. The summed E-state index contributed by atoms with van der Waals surface area (Å²) >= 11 is 0. The van der Waals surface area contributed by atoms with E-state index in [0.717, 1.165) is 58.1 Å². The van der Waals surface area contributed by atoms with E-state index in [2.05, 4.69) is 27.9 Å². The third-order valence-electron chi connectivity index (χ3n) is 3.54. The van der Waals surface area contributed by atoms with Gasteiger partial charge in [0.05, 0.1) is 5.69 Å². The summed E-state index contributed by atoms with van der Waals surface area (Å²) in [6.07, 6.45) is 5.42. The summed E-state index contributed by atoms with van der Waals surface area (Å²) in [5.41, 5.74) is 1.18. The zero-order valence-corrected chi connectivity index (χ0v) is 12.2. The van der Waals surface area contributed by atoms with Crippen molar-refractivity contribution in [3.63, 3.8) is 0 Å². The molecule has 0 saturated carbocycles. The second-order valence-corrected chi connectivity index (χ2v) is 5.02. The summed E-state index contributed by atoms with van der Waals surface area (Å²) in [6.45, 7) is 8.26. The number of imidazole rings is 1. The lowest BCUT2D eigenvalue weighted by atomic mass is 10.4. The van der Waals surface area contributed by atoms with E-state index in [9.17, 15) is 0 Å². The molecule has 1 aliphatic rings. The molecular formula is C14H26N4O. The lowest BCUT2D eigenvalue weighted by Crippen LogP contribution is -2.30. The van der Waals surface area contributed by atoms with Gasteiger partial charge in [-0.05, 0) is 25.8 Å². The van der Waals surface area contributed by atoms with E-state index in [4.69, 9.17) is 9.72 Å². The molecule has 0 spiro atoms. The van der Waals surface area contributed by atoms with E-state index < -0.39 is 0 Å². The average molecular weight is 266 g/mol. The summed E-state index contributed by atoms with van der Waals surface area (Å²) in [6, 6.07) is 0. The SMILES string of the molecule is CCc1cn(CCCOC)c(N2CCCNCC2)n1. The molecule has 5 nitrogen and oxygen atoms in total. The van der Waals surface area contributed by atoms with Crippen LogP contribution in [0.15, 0.2) is 6.20 Å². The molecule has 1 N–H and O–H groups in total. The van der Waals surface area contributed by atoms with Crippen molar-refractivity contribution in [2.75, 3.05) is 44.8 Å². The van der Waals surface area contributed by atoms with Crippen LogP contribution >= 0.6 is 0 Å². The van der Waals surface area contributed by atoms with Crippen LogP contribution in [0.5, 0.6) is 0 Å². The van der Waals surface area contributed by atoms with Crippen LogP contribution in [0.3, 0.4) is 0 Å². The van der Waals surface area contributed by atoms with E-state index in [-0.39, 0.29) is 0 Å². The lowest BCUT2D eigenvalue weighted by Gasteiger charge is -2.22. The standard InChI is InChI=1S/C14H26N4O/c1-3-13-12-18(9-5-11-19-2)14(16-13)17-8-4-6-15-7-10-17/h12,15H,3-11H2,1-2H3. The van der Waals surface area contributed by atoms with Gasteiger partial charge in [-0.3, -0.25) is 0 Å². The molecule has 0 radical (unpaired) electrons. The van der Waals surface area contributed by atoms with Gasteiger partial charge in [-0.2, -0.15) is 0 Å². The van der Waals surface area contributed by atoms with Gasteiger partial charge < -0.3 is 19.5 Å². The maximum atomic E-state index is 5.14. The number of methoxy groups -OCH3 is 1. The van der Waals surface area contributed by atoms with Crippen molar-refractivity contribution >= 4 is 5.95 Å². The first kappa shape index (κ1) is 14.3. The molecule has 1 saturated heterocycles. The van der Waals surface area contributed by atoms with E-state index in [1.165, 1.54) is 12.1 Å². The molecule has 0 amide bonds. The topological polar surface area (TPSA) is 42.3 Å². The van der Waals surface area contributed by atoms with Gasteiger partial charge in [0, 0.05) is 46.1 Å². The van der Waals surface area contributed by atoms with Gasteiger partial charge >= 0.3 is 0 Å². The van der Waals surface area contributed by atoms with Gasteiger partial charge in [-0.15, -0.1) is 0 Å². The first-order valence-corrected chi connectivity index (χ1v) is 7.35. The van der Waals surface area contributed by atoms with Crippen LogP contribution in [0.4, 0.5) is 5.95 Å². The Bertz CT molecular complexity index is 370. The summed E-state index contributed by atoms with van der Waals surface area (Å²) in [5, 5.41) is 3.44. The van der Waals surface area contributed by atoms with Crippen molar-refractivity contribution in [1.29, 1.82) is 0 Å². The van der Waals surface area contributed by atoms with Gasteiger partial charge in [0.15, 0.2) is 0 Å². The van der Waals surface area contributed by atoms with Gasteiger partial charge in [0.25, 0.3) is 0 Å². The molecular weight excluding hydrogens is 240 g/mol. The monoisotopic (exact) mass is 266 g/mol. The molecule has 19 heavy (non-hydrogen) atoms. The van der Waals surface area contributed by atoms with Crippen molar-refractivity contribution < 1.29 is 4.74 Å². The number of aromatic nitrogens is 2. The Morgan fingerprint density at radius 1 is 1.37 bits per heavy atom. The van der Waals surface area contributed by atoms with E-state index in [1.54, 1.807) is 7.11 Å². The molecule has 0 bridgehead atoms. The van der Waals surface area contributed by atoms with E-state index in [0.29, 0.717) is 0 Å². The van der Waals surface area contributed by atoms with Crippen LogP contribution in [0, 0.1) is 0 Å². The van der Waals surface area contributed by atoms with Crippen molar-refractivity contribution in [2.24, 2.45) is 0 Å².